The first kappa shape index (κ1) is 29.6. The number of hydrogen-bond acceptors (Lipinski definition) is 11. The van der Waals surface area contributed by atoms with Gasteiger partial charge < -0.3 is 56.7 Å². The van der Waals surface area contributed by atoms with E-state index in [1.54, 1.807) is 0 Å². The highest BCUT2D eigenvalue weighted by Crippen LogP contribution is 2.24. The predicted molar refractivity (Wildman–Crippen MR) is 113 cm³/mol. The van der Waals surface area contributed by atoms with Gasteiger partial charge in [0.1, 0.15) is 36.4 Å². The largest absolute Gasteiger partial charge is 0.481 e. The number of nitrogens with two attached hydrogens (primary N) is 2. The Morgan fingerprint density at radius 3 is 2.29 bits per heavy atom. The van der Waals surface area contributed by atoms with Crippen molar-refractivity contribution in [3.05, 3.63) is 0 Å². The number of aliphatic hydroxyl groups is 4. The molecule has 1 aliphatic heterocycles. The first-order chi connectivity index (χ1) is 15.8. The number of primary amides is 1. The molecule has 1 rings (SSSR count). The number of hydrogen-bond donors (Lipinski definition) is 8. The maximum atomic E-state index is 12.7. The van der Waals surface area contributed by atoms with E-state index in [2.05, 4.69) is 5.32 Å². The van der Waals surface area contributed by atoms with Crippen LogP contribution in [0.25, 0.3) is 0 Å². The Hall–Kier alpha value is -2.40. The summed E-state index contributed by atoms with van der Waals surface area (Å²) in [5.41, 5.74) is 11.0. The van der Waals surface area contributed by atoms with Crippen LogP contribution in [-0.4, -0.2) is 123 Å². The first-order valence-electron chi connectivity index (χ1n) is 10.6. The van der Waals surface area contributed by atoms with Crippen molar-refractivity contribution in [2.24, 2.45) is 11.5 Å². The molecule has 0 aromatic heterocycles. The fourth-order valence-electron chi connectivity index (χ4n) is 3.60. The smallest absolute Gasteiger partial charge is 0.303 e. The van der Waals surface area contributed by atoms with Gasteiger partial charge in [-0.2, -0.15) is 0 Å². The summed E-state index contributed by atoms with van der Waals surface area (Å²) >= 11 is 0. The molecule has 15 nitrogen and oxygen atoms in total. The molecule has 0 saturated carbocycles. The van der Waals surface area contributed by atoms with Gasteiger partial charge in [0.15, 0.2) is 6.29 Å². The average Bonchev–Trinajstić information content (AvgIpc) is 2.75. The number of carboxylic acid groups (broad SMARTS) is 1. The molecule has 8 atom stereocenters. The number of ether oxygens (including phenoxy) is 2. The summed E-state index contributed by atoms with van der Waals surface area (Å²) in [6.45, 7) is 0.787. The Balaban J connectivity index is 3.17. The predicted octanol–water partition coefficient (Wildman–Crippen LogP) is -4.80. The molecular formula is C19H34N4O11. The van der Waals surface area contributed by atoms with E-state index in [-0.39, 0.29) is 13.0 Å². The topological polar surface area (TPSA) is 255 Å². The highest BCUT2D eigenvalue weighted by atomic mass is 16.6. The van der Waals surface area contributed by atoms with Crippen LogP contribution in [0.3, 0.4) is 0 Å². The van der Waals surface area contributed by atoms with E-state index in [4.69, 9.17) is 26.0 Å². The number of rotatable bonds is 13. The van der Waals surface area contributed by atoms with Gasteiger partial charge in [-0.25, -0.2) is 0 Å². The zero-order chi connectivity index (χ0) is 26.2. The van der Waals surface area contributed by atoms with Crippen molar-refractivity contribution >= 4 is 23.7 Å². The fourth-order valence-corrected chi connectivity index (χ4v) is 3.60. The third-order valence-corrected chi connectivity index (χ3v) is 5.22. The second-order valence-corrected chi connectivity index (χ2v) is 8.01. The van der Waals surface area contributed by atoms with Gasteiger partial charge >= 0.3 is 5.97 Å². The SMILES string of the molecule is CC(=O)N[C@@H]1[C@@H](OC(C)CN(C(=O)[C@@H](N)CO)[C@@H](CCC(=O)O)C(N)=O)[C@H](O)[C@@H](CO)O[C@@H]1O. The number of carbonyl (C=O) groups is 4. The quantitative estimate of drug-likeness (QED) is 0.120. The van der Waals surface area contributed by atoms with Crippen LogP contribution in [0.1, 0.15) is 26.7 Å². The molecule has 1 unspecified atom stereocenters. The molecule has 1 aliphatic rings. The van der Waals surface area contributed by atoms with E-state index in [1.807, 2.05) is 0 Å². The standard InChI is InChI=1S/C19H34N4O11/c1-8(33-16-14(22-9(2)26)19(32)34-12(7-25)15(16)29)5-23(18(31)10(20)6-24)11(17(21)30)3-4-13(27)28/h8,10-12,14-16,19,24-25,29,32H,3-7,20H2,1-2H3,(H2,21,30)(H,22,26)(H,27,28)/t8?,10-,11-,12+,14+,15+,16+,19-/m0/s1. The van der Waals surface area contributed by atoms with Crippen LogP contribution in [0.2, 0.25) is 0 Å². The van der Waals surface area contributed by atoms with Crippen LogP contribution in [0, 0.1) is 0 Å². The maximum absolute atomic E-state index is 12.7. The summed E-state index contributed by atoms with van der Waals surface area (Å²) in [7, 11) is 0. The zero-order valence-electron chi connectivity index (χ0n) is 18.9. The molecule has 1 saturated heterocycles. The summed E-state index contributed by atoms with van der Waals surface area (Å²) < 4.78 is 10.9. The van der Waals surface area contributed by atoms with Crippen LogP contribution < -0.4 is 16.8 Å². The molecule has 0 aromatic rings. The van der Waals surface area contributed by atoms with Gasteiger partial charge in [-0.1, -0.05) is 0 Å². The molecule has 34 heavy (non-hydrogen) atoms. The lowest BCUT2D eigenvalue weighted by Crippen LogP contribution is -2.65. The van der Waals surface area contributed by atoms with Crippen molar-refractivity contribution in [2.45, 2.75) is 75.5 Å². The third kappa shape index (κ3) is 8.12. The lowest BCUT2D eigenvalue weighted by Gasteiger charge is -2.44. The Labute approximate surface area is 195 Å². The molecule has 10 N–H and O–H groups in total. The Morgan fingerprint density at radius 1 is 1.21 bits per heavy atom. The number of aliphatic carboxylic acids is 1. The zero-order valence-corrected chi connectivity index (χ0v) is 18.9. The van der Waals surface area contributed by atoms with E-state index in [1.165, 1.54) is 6.92 Å². The minimum Gasteiger partial charge on any atom is -0.481 e. The van der Waals surface area contributed by atoms with Crippen LogP contribution in [0.15, 0.2) is 0 Å². The summed E-state index contributed by atoms with van der Waals surface area (Å²) in [4.78, 5) is 48.2. The lowest BCUT2D eigenvalue weighted by atomic mass is 9.96. The highest BCUT2D eigenvalue weighted by molar-refractivity contribution is 5.89. The second kappa shape index (κ2) is 13.5. The Bertz CT molecular complexity index is 724. The second-order valence-electron chi connectivity index (χ2n) is 8.01. The van der Waals surface area contributed by atoms with Crippen LogP contribution >= 0.6 is 0 Å². The van der Waals surface area contributed by atoms with Crippen LogP contribution in [0.5, 0.6) is 0 Å². The molecule has 1 fully saturated rings. The van der Waals surface area contributed by atoms with Gasteiger partial charge in [-0.15, -0.1) is 0 Å². The number of nitrogens with one attached hydrogen (secondary N) is 1. The average molecular weight is 494 g/mol. The first-order valence-corrected chi connectivity index (χ1v) is 10.6. The van der Waals surface area contributed by atoms with Crippen molar-refractivity contribution in [1.29, 1.82) is 0 Å². The van der Waals surface area contributed by atoms with Crippen molar-refractivity contribution in [3.63, 3.8) is 0 Å². The van der Waals surface area contributed by atoms with Gasteiger partial charge in [-0.3, -0.25) is 19.2 Å². The van der Waals surface area contributed by atoms with Crippen LogP contribution in [-0.2, 0) is 28.7 Å². The molecule has 0 aromatic carbocycles. The van der Waals surface area contributed by atoms with E-state index < -0.39 is 92.2 Å². The molecule has 0 bridgehead atoms. The van der Waals surface area contributed by atoms with Gasteiger partial charge in [0.05, 0.1) is 19.3 Å². The normalized spacial score (nSPS) is 27.3. The Morgan fingerprint density at radius 2 is 1.82 bits per heavy atom. The van der Waals surface area contributed by atoms with Gasteiger partial charge in [-0.05, 0) is 13.3 Å². The summed E-state index contributed by atoms with van der Waals surface area (Å²) in [6, 6.07) is -4.07. The number of amides is 3. The number of aliphatic hydroxyl groups excluding tert-OH is 4. The minimum atomic E-state index is -1.64. The van der Waals surface area contributed by atoms with Crippen molar-refractivity contribution in [1.82, 2.24) is 10.2 Å². The Kier molecular flexibility index (Phi) is 11.7. The molecule has 15 heteroatoms. The fraction of sp³-hybridized carbons (Fsp3) is 0.789. The third-order valence-electron chi connectivity index (χ3n) is 5.22. The number of carboxylic acids is 1. The lowest BCUT2D eigenvalue weighted by molar-refractivity contribution is -0.268. The monoisotopic (exact) mass is 494 g/mol. The summed E-state index contributed by atoms with van der Waals surface area (Å²) in [5, 5.41) is 50.8. The highest BCUT2D eigenvalue weighted by Gasteiger charge is 2.46. The van der Waals surface area contributed by atoms with Crippen molar-refractivity contribution < 1.29 is 54.2 Å². The maximum Gasteiger partial charge on any atom is 0.303 e. The molecule has 0 aliphatic carbocycles. The molecule has 0 radical (unpaired) electrons. The number of carbonyl (C=O) groups excluding carboxylic acids is 3. The molecule has 1 heterocycles. The molecule has 196 valence electrons. The van der Waals surface area contributed by atoms with Gasteiger partial charge in [0.2, 0.25) is 17.7 Å². The van der Waals surface area contributed by atoms with E-state index in [9.17, 15) is 39.6 Å². The minimum absolute atomic E-state index is 0.332. The summed E-state index contributed by atoms with van der Waals surface area (Å²) in [5.74, 6) is -3.71. The summed E-state index contributed by atoms with van der Waals surface area (Å²) in [6.07, 6.45) is -7.52. The van der Waals surface area contributed by atoms with Crippen LogP contribution in [0.4, 0.5) is 0 Å². The van der Waals surface area contributed by atoms with Gasteiger partial charge in [0, 0.05) is 19.9 Å². The van der Waals surface area contributed by atoms with Crippen molar-refractivity contribution in [3.8, 4) is 0 Å². The molecule has 3 amide bonds. The van der Waals surface area contributed by atoms with E-state index >= 15 is 0 Å². The molecular weight excluding hydrogens is 460 g/mol. The van der Waals surface area contributed by atoms with Gasteiger partial charge in [0.25, 0.3) is 0 Å². The van der Waals surface area contributed by atoms with E-state index in [0.29, 0.717) is 0 Å². The van der Waals surface area contributed by atoms with Crippen molar-refractivity contribution in [2.75, 3.05) is 19.8 Å². The number of nitrogens with zero attached hydrogens (tertiary/aromatic N) is 1. The van der Waals surface area contributed by atoms with E-state index in [0.717, 1.165) is 11.8 Å². The molecule has 0 spiro atoms.